The molecule has 1 heterocycles. The van der Waals surface area contributed by atoms with E-state index in [1.54, 1.807) is 0 Å². The number of rotatable bonds is 0. The molecular weight excluding hydrogens is 202 g/mol. The number of benzene rings is 1. The van der Waals surface area contributed by atoms with Gasteiger partial charge in [-0.15, -0.1) is 0 Å². The van der Waals surface area contributed by atoms with Crippen LogP contribution in [0.1, 0.15) is 11.1 Å². The van der Waals surface area contributed by atoms with Crippen LogP contribution in [0.2, 0.25) is 0 Å². The van der Waals surface area contributed by atoms with Crippen LogP contribution in [-0.2, 0) is 13.1 Å². The molecule has 58 valence electrons. The lowest BCUT2D eigenvalue weighted by atomic mass is 10.1. The third-order valence-electron chi connectivity index (χ3n) is 2.08. The summed E-state index contributed by atoms with van der Waals surface area (Å²) in [4.78, 5) is 2.31. The summed E-state index contributed by atoms with van der Waals surface area (Å²) in [6.07, 6.45) is 0. The molecule has 0 amide bonds. The average molecular weight is 212 g/mol. The third kappa shape index (κ3) is 1.21. The summed E-state index contributed by atoms with van der Waals surface area (Å²) in [5.74, 6) is 0. The first kappa shape index (κ1) is 7.32. The molecule has 0 bridgehead atoms. The molecule has 0 N–H and O–H groups in total. The topological polar surface area (TPSA) is 3.24 Å². The number of fused-ring (bicyclic) bond motifs is 1. The minimum atomic E-state index is 1.08. The molecule has 2 heteroatoms. The summed E-state index contributed by atoms with van der Waals surface area (Å²) in [5, 5.41) is 0. The molecule has 1 aromatic rings. The Bertz CT molecular complexity index is 283. The van der Waals surface area contributed by atoms with E-state index in [0.717, 1.165) is 13.1 Å². The van der Waals surface area contributed by atoms with Gasteiger partial charge in [-0.1, -0.05) is 28.1 Å². The Hall–Kier alpha value is -0.340. The molecule has 0 spiro atoms. The van der Waals surface area contributed by atoms with E-state index in [4.69, 9.17) is 0 Å². The predicted octanol–water partition coefficient (Wildman–Crippen LogP) is 2.39. The van der Waals surface area contributed by atoms with Crippen molar-refractivity contribution in [2.45, 2.75) is 13.1 Å². The monoisotopic (exact) mass is 211 g/mol. The minimum Gasteiger partial charge on any atom is -0.298 e. The SMILES string of the molecule is CN1Cc2cccc(Br)c2C1. The second-order valence-corrected chi connectivity index (χ2v) is 3.90. The van der Waals surface area contributed by atoms with Crippen molar-refractivity contribution < 1.29 is 0 Å². The normalized spacial score (nSPS) is 16.9. The second kappa shape index (κ2) is 2.61. The van der Waals surface area contributed by atoms with Gasteiger partial charge in [-0.2, -0.15) is 0 Å². The predicted molar refractivity (Wildman–Crippen MR) is 49.3 cm³/mol. The van der Waals surface area contributed by atoms with Crippen LogP contribution in [0.25, 0.3) is 0 Å². The lowest BCUT2D eigenvalue weighted by molar-refractivity contribution is 0.353. The Morgan fingerprint density at radius 3 is 2.91 bits per heavy atom. The molecule has 2 rings (SSSR count). The van der Waals surface area contributed by atoms with Gasteiger partial charge in [0.15, 0.2) is 0 Å². The molecule has 0 fully saturated rings. The number of halogens is 1. The molecule has 0 atom stereocenters. The van der Waals surface area contributed by atoms with Crippen LogP contribution in [-0.4, -0.2) is 11.9 Å². The molecule has 0 aromatic heterocycles. The fourth-order valence-electron chi connectivity index (χ4n) is 1.55. The molecule has 0 saturated heterocycles. The van der Waals surface area contributed by atoms with Crippen molar-refractivity contribution in [3.63, 3.8) is 0 Å². The van der Waals surface area contributed by atoms with Crippen LogP contribution in [0.3, 0.4) is 0 Å². The quantitative estimate of drug-likeness (QED) is 0.638. The molecule has 1 aliphatic heterocycles. The lowest BCUT2D eigenvalue weighted by Gasteiger charge is -2.03. The van der Waals surface area contributed by atoms with Gasteiger partial charge in [0.2, 0.25) is 0 Å². The molecular formula is C9H10BrN. The summed E-state index contributed by atoms with van der Waals surface area (Å²) in [5.41, 5.74) is 2.91. The maximum absolute atomic E-state index is 3.55. The molecule has 1 aliphatic rings. The molecule has 0 unspecified atom stereocenters. The highest BCUT2D eigenvalue weighted by molar-refractivity contribution is 9.10. The summed E-state index contributed by atoms with van der Waals surface area (Å²) in [6.45, 7) is 2.17. The highest BCUT2D eigenvalue weighted by Gasteiger charge is 2.16. The van der Waals surface area contributed by atoms with Crippen LogP contribution in [0.15, 0.2) is 22.7 Å². The highest BCUT2D eigenvalue weighted by Crippen LogP contribution is 2.27. The van der Waals surface area contributed by atoms with Gasteiger partial charge >= 0.3 is 0 Å². The van der Waals surface area contributed by atoms with E-state index >= 15 is 0 Å². The zero-order valence-electron chi connectivity index (χ0n) is 6.47. The maximum Gasteiger partial charge on any atom is 0.0248 e. The molecule has 11 heavy (non-hydrogen) atoms. The largest absolute Gasteiger partial charge is 0.298 e. The molecule has 0 aliphatic carbocycles. The fourth-order valence-corrected chi connectivity index (χ4v) is 2.08. The zero-order chi connectivity index (χ0) is 7.84. The number of hydrogen-bond acceptors (Lipinski definition) is 1. The van der Waals surface area contributed by atoms with E-state index in [1.807, 2.05) is 0 Å². The minimum absolute atomic E-state index is 1.08. The van der Waals surface area contributed by atoms with Gasteiger partial charge in [-0.3, -0.25) is 4.90 Å². The second-order valence-electron chi connectivity index (χ2n) is 3.05. The van der Waals surface area contributed by atoms with Crippen molar-refractivity contribution in [1.29, 1.82) is 0 Å². The zero-order valence-corrected chi connectivity index (χ0v) is 8.06. The Kier molecular flexibility index (Phi) is 1.74. The molecule has 0 radical (unpaired) electrons. The summed E-state index contributed by atoms with van der Waals surface area (Å²) in [7, 11) is 2.15. The van der Waals surface area contributed by atoms with E-state index in [9.17, 15) is 0 Å². The van der Waals surface area contributed by atoms with Crippen molar-refractivity contribution in [2.75, 3.05) is 7.05 Å². The molecule has 0 saturated carbocycles. The van der Waals surface area contributed by atoms with Crippen LogP contribution in [0, 0.1) is 0 Å². The fraction of sp³-hybridized carbons (Fsp3) is 0.333. The van der Waals surface area contributed by atoms with Crippen LogP contribution in [0.5, 0.6) is 0 Å². The van der Waals surface area contributed by atoms with Gasteiger partial charge in [-0.05, 0) is 24.2 Å². The Balaban J connectivity index is 2.49. The number of nitrogens with zero attached hydrogens (tertiary/aromatic N) is 1. The third-order valence-corrected chi connectivity index (χ3v) is 2.83. The first-order valence-corrected chi connectivity index (χ1v) is 4.51. The van der Waals surface area contributed by atoms with Gasteiger partial charge in [0.05, 0.1) is 0 Å². The van der Waals surface area contributed by atoms with E-state index < -0.39 is 0 Å². The van der Waals surface area contributed by atoms with E-state index in [0.29, 0.717) is 0 Å². The molecule has 1 aromatic carbocycles. The van der Waals surface area contributed by atoms with E-state index in [1.165, 1.54) is 15.6 Å². The van der Waals surface area contributed by atoms with Crippen molar-refractivity contribution >= 4 is 15.9 Å². The van der Waals surface area contributed by atoms with Crippen molar-refractivity contribution in [2.24, 2.45) is 0 Å². The van der Waals surface area contributed by atoms with Gasteiger partial charge < -0.3 is 0 Å². The van der Waals surface area contributed by atoms with Crippen LogP contribution >= 0.6 is 15.9 Å². The van der Waals surface area contributed by atoms with E-state index in [-0.39, 0.29) is 0 Å². The summed E-state index contributed by atoms with van der Waals surface area (Å²) >= 11 is 3.55. The standard InChI is InChI=1S/C9H10BrN/c1-11-5-7-3-2-4-9(10)8(7)6-11/h2-4H,5-6H2,1H3. The van der Waals surface area contributed by atoms with Gasteiger partial charge in [0.1, 0.15) is 0 Å². The van der Waals surface area contributed by atoms with Gasteiger partial charge in [0.25, 0.3) is 0 Å². The smallest absolute Gasteiger partial charge is 0.0248 e. The summed E-state index contributed by atoms with van der Waals surface area (Å²) < 4.78 is 1.25. The van der Waals surface area contributed by atoms with Crippen LogP contribution < -0.4 is 0 Å². The number of hydrogen-bond donors (Lipinski definition) is 0. The Morgan fingerprint density at radius 2 is 2.18 bits per heavy atom. The average Bonchev–Trinajstić information content (AvgIpc) is 2.31. The van der Waals surface area contributed by atoms with Crippen molar-refractivity contribution in [3.8, 4) is 0 Å². The van der Waals surface area contributed by atoms with Gasteiger partial charge in [0, 0.05) is 17.6 Å². The van der Waals surface area contributed by atoms with E-state index in [2.05, 4.69) is 46.1 Å². The highest BCUT2D eigenvalue weighted by atomic mass is 79.9. The molecule has 1 nitrogen and oxygen atoms in total. The van der Waals surface area contributed by atoms with Gasteiger partial charge in [-0.25, -0.2) is 0 Å². The Morgan fingerprint density at radius 1 is 1.36 bits per heavy atom. The lowest BCUT2D eigenvalue weighted by Crippen LogP contribution is -2.07. The first-order chi connectivity index (χ1) is 5.27. The van der Waals surface area contributed by atoms with Crippen molar-refractivity contribution in [3.05, 3.63) is 33.8 Å². The van der Waals surface area contributed by atoms with Crippen molar-refractivity contribution in [1.82, 2.24) is 4.90 Å². The first-order valence-electron chi connectivity index (χ1n) is 3.72. The van der Waals surface area contributed by atoms with Crippen LogP contribution in [0.4, 0.5) is 0 Å². The Labute approximate surface area is 75.1 Å². The summed E-state index contributed by atoms with van der Waals surface area (Å²) in [6, 6.07) is 6.41. The maximum atomic E-state index is 3.55.